The zero-order valence-electron chi connectivity index (χ0n) is 11.8. The topological polar surface area (TPSA) is 66.5 Å². The number of rotatable bonds is 2. The molecule has 1 amide bonds. The normalized spacial score (nSPS) is 31.4. The second-order valence-corrected chi connectivity index (χ2v) is 8.34. The largest absolute Gasteiger partial charge is 0.341 e. The van der Waals surface area contributed by atoms with Crippen LogP contribution in [-0.2, 0) is 14.6 Å². The molecule has 1 unspecified atom stereocenters. The van der Waals surface area contributed by atoms with Crippen LogP contribution in [0.2, 0.25) is 0 Å². The van der Waals surface area contributed by atoms with Gasteiger partial charge in [-0.25, -0.2) is 8.42 Å². The van der Waals surface area contributed by atoms with Gasteiger partial charge in [-0.05, 0) is 25.3 Å². The van der Waals surface area contributed by atoms with Gasteiger partial charge in [-0.2, -0.15) is 0 Å². The predicted molar refractivity (Wildman–Crippen MR) is 74.6 cm³/mol. The van der Waals surface area contributed by atoms with Gasteiger partial charge < -0.3 is 10.2 Å². The Morgan fingerprint density at radius 1 is 1.26 bits per heavy atom. The lowest BCUT2D eigenvalue weighted by Crippen LogP contribution is -2.49. The van der Waals surface area contributed by atoms with E-state index in [4.69, 9.17) is 0 Å². The van der Waals surface area contributed by atoms with Crippen molar-refractivity contribution in [3.63, 3.8) is 0 Å². The maximum Gasteiger partial charge on any atom is 0.230 e. The van der Waals surface area contributed by atoms with E-state index in [1.54, 1.807) is 4.90 Å². The first-order valence-electron chi connectivity index (χ1n) is 7.08. The first kappa shape index (κ1) is 14.8. The van der Waals surface area contributed by atoms with E-state index in [0.29, 0.717) is 26.1 Å². The van der Waals surface area contributed by atoms with Crippen LogP contribution in [-0.4, -0.2) is 56.9 Å². The van der Waals surface area contributed by atoms with Crippen LogP contribution in [0.3, 0.4) is 0 Å². The Kier molecular flexibility index (Phi) is 4.20. The molecule has 0 bridgehead atoms. The predicted octanol–water partition coefficient (Wildman–Crippen LogP) is 0.269. The van der Waals surface area contributed by atoms with Gasteiger partial charge in [0.2, 0.25) is 5.91 Å². The summed E-state index contributed by atoms with van der Waals surface area (Å²) in [4.78, 5) is 14.6. The van der Waals surface area contributed by atoms with Gasteiger partial charge in [0.1, 0.15) is 0 Å². The molecule has 2 saturated heterocycles. The smallest absolute Gasteiger partial charge is 0.230 e. The van der Waals surface area contributed by atoms with Crippen LogP contribution in [0.1, 0.15) is 26.7 Å². The Balaban J connectivity index is 2.14. The lowest BCUT2D eigenvalue weighted by molar-refractivity contribution is -0.143. The molecule has 2 heterocycles. The molecule has 0 aromatic heterocycles. The van der Waals surface area contributed by atoms with Crippen LogP contribution < -0.4 is 5.32 Å². The fourth-order valence-electron chi connectivity index (χ4n) is 3.09. The van der Waals surface area contributed by atoms with Gasteiger partial charge in [-0.15, -0.1) is 0 Å². The molecule has 1 atom stereocenters. The van der Waals surface area contributed by atoms with Crippen LogP contribution in [0.4, 0.5) is 0 Å². The van der Waals surface area contributed by atoms with Gasteiger partial charge in [0, 0.05) is 19.6 Å². The molecule has 0 saturated carbocycles. The quantitative estimate of drug-likeness (QED) is 0.792. The number of amides is 1. The highest BCUT2D eigenvalue weighted by molar-refractivity contribution is 7.91. The third-order valence-electron chi connectivity index (χ3n) is 4.56. The van der Waals surface area contributed by atoms with Crippen molar-refractivity contribution in [3.05, 3.63) is 0 Å². The summed E-state index contributed by atoms with van der Waals surface area (Å²) in [6.07, 6.45) is 1.42. The van der Waals surface area contributed by atoms with Gasteiger partial charge in [0.25, 0.3) is 0 Å². The third kappa shape index (κ3) is 2.94. The van der Waals surface area contributed by atoms with Crippen LogP contribution in [0, 0.1) is 11.3 Å². The second kappa shape index (κ2) is 5.40. The minimum absolute atomic E-state index is 0.111. The van der Waals surface area contributed by atoms with Crippen LogP contribution in [0.15, 0.2) is 0 Å². The average Bonchev–Trinajstić information content (AvgIpc) is 2.76. The van der Waals surface area contributed by atoms with Crippen molar-refractivity contribution in [2.75, 3.05) is 37.7 Å². The summed E-state index contributed by atoms with van der Waals surface area (Å²) in [5, 5.41) is 3.28. The standard InChI is InChI=1S/C13H24N2O3S/c1-11(2)13(4-5-14-10-13)12(16)15-6-3-8-19(17,18)9-7-15/h11,14H,3-10H2,1-2H3. The van der Waals surface area contributed by atoms with Crippen LogP contribution in [0.25, 0.3) is 0 Å². The molecular formula is C13H24N2O3S. The Labute approximate surface area is 115 Å². The number of nitrogens with zero attached hydrogens (tertiary/aromatic N) is 1. The number of hydrogen-bond donors (Lipinski definition) is 1. The summed E-state index contributed by atoms with van der Waals surface area (Å²) in [6, 6.07) is 0. The maximum atomic E-state index is 12.8. The van der Waals surface area contributed by atoms with Gasteiger partial charge in [0.15, 0.2) is 9.84 Å². The highest BCUT2D eigenvalue weighted by atomic mass is 32.2. The van der Waals surface area contributed by atoms with E-state index < -0.39 is 9.84 Å². The Morgan fingerprint density at radius 3 is 2.58 bits per heavy atom. The number of carbonyl (C=O) groups is 1. The van der Waals surface area contributed by atoms with Crippen molar-refractivity contribution < 1.29 is 13.2 Å². The minimum Gasteiger partial charge on any atom is -0.341 e. The van der Waals surface area contributed by atoms with E-state index in [1.165, 1.54) is 0 Å². The summed E-state index contributed by atoms with van der Waals surface area (Å²) < 4.78 is 23.2. The van der Waals surface area contributed by atoms with Crippen molar-refractivity contribution in [2.45, 2.75) is 26.7 Å². The van der Waals surface area contributed by atoms with E-state index in [-0.39, 0.29) is 28.7 Å². The summed E-state index contributed by atoms with van der Waals surface area (Å²) in [7, 11) is -2.96. The highest BCUT2D eigenvalue weighted by Crippen LogP contribution is 2.36. The summed E-state index contributed by atoms with van der Waals surface area (Å²) in [5.41, 5.74) is -0.339. The van der Waals surface area contributed by atoms with E-state index >= 15 is 0 Å². The second-order valence-electron chi connectivity index (χ2n) is 6.04. The van der Waals surface area contributed by atoms with E-state index in [9.17, 15) is 13.2 Å². The Bertz CT molecular complexity index is 439. The van der Waals surface area contributed by atoms with Gasteiger partial charge in [0.05, 0.1) is 16.9 Å². The first-order chi connectivity index (χ1) is 8.87. The van der Waals surface area contributed by atoms with Gasteiger partial charge in [-0.1, -0.05) is 13.8 Å². The summed E-state index contributed by atoms with van der Waals surface area (Å²) >= 11 is 0. The molecule has 0 aromatic rings. The SMILES string of the molecule is CC(C)C1(C(=O)N2CCCS(=O)(=O)CC2)CCNC1. The molecule has 19 heavy (non-hydrogen) atoms. The Hall–Kier alpha value is -0.620. The average molecular weight is 288 g/mol. The van der Waals surface area contributed by atoms with Crippen molar-refractivity contribution in [3.8, 4) is 0 Å². The molecule has 1 N–H and O–H groups in total. The molecular weight excluding hydrogens is 264 g/mol. The lowest BCUT2D eigenvalue weighted by atomic mass is 9.75. The van der Waals surface area contributed by atoms with Crippen molar-refractivity contribution in [1.82, 2.24) is 10.2 Å². The van der Waals surface area contributed by atoms with E-state index in [2.05, 4.69) is 19.2 Å². The molecule has 2 aliphatic heterocycles. The molecule has 0 aromatic carbocycles. The minimum atomic E-state index is -2.96. The number of sulfone groups is 1. The summed E-state index contributed by atoms with van der Waals surface area (Å²) in [5.74, 6) is 0.740. The number of carbonyl (C=O) groups excluding carboxylic acids is 1. The molecule has 2 fully saturated rings. The zero-order chi connectivity index (χ0) is 14.1. The molecule has 110 valence electrons. The van der Waals surface area contributed by atoms with Gasteiger partial charge >= 0.3 is 0 Å². The molecule has 0 radical (unpaired) electrons. The summed E-state index contributed by atoms with van der Waals surface area (Å²) in [6.45, 7) is 6.68. The van der Waals surface area contributed by atoms with Crippen molar-refractivity contribution in [2.24, 2.45) is 11.3 Å². The maximum absolute atomic E-state index is 12.8. The molecule has 2 rings (SSSR count). The molecule has 2 aliphatic rings. The van der Waals surface area contributed by atoms with Crippen LogP contribution >= 0.6 is 0 Å². The van der Waals surface area contributed by atoms with E-state index in [0.717, 1.165) is 13.0 Å². The zero-order valence-corrected chi connectivity index (χ0v) is 12.6. The van der Waals surface area contributed by atoms with Crippen LogP contribution in [0.5, 0.6) is 0 Å². The highest BCUT2D eigenvalue weighted by Gasteiger charge is 2.46. The van der Waals surface area contributed by atoms with E-state index in [1.807, 2.05) is 0 Å². The van der Waals surface area contributed by atoms with Crippen molar-refractivity contribution in [1.29, 1.82) is 0 Å². The molecule has 5 nitrogen and oxygen atoms in total. The Morgan fingerprint density at radius 2 is 2.00 bits per heavy atom. The third-order valence-corrected chi connectivity index (χ3v) is 6.28. The fraction of sp³-hybridized carbons (Fsp3) is 0.923. The fourth-order valence-corrected chi connectivity index (χ4v) is 4.36. The van der Waals surface area contributed by atoms with Gasteiger partial charge in [-0.3, -0.25) is 4.79 Å². The lowest BCUT2D eigenvalue weighted by Gasteiger charge is -2.36. The molecule has 0 spiro atoms. The number of nitrogens with one attached hydrogen (secondary N) is 1. The van der Waals surface area contributed by atoms with Crippen molar-refractivity contribution >= 4 is 15.7 Å². The molecule has 6 heteroatoms. The molecule has 0 aliphatic carbocycles. The number of hydrogen-bond acceptors (Lipinski definition) is 4. The monoisotopic (exact) mass is 288 g/mol. The first-order valence-corrected chi connectivity index (χ1v) is 8.90.